The molecule has 20 heavy (non-hydrogen) atoms. The van der Waals surface area contributed by atoms with Crippen LogP contribution in [0.5, 0.6) is 0 Å². The first-order valence-electron chi connectivity index (χ1n) is 5.18. The summed E-state index contributed by atoms with van der Waals surface area (Å²) in [5.74, 6) is -0.670. The number of nitrogens with zero attached hydrogens (tertiary/aromatic N) is 3. The number of thioether (sulfide) groups is 1. The number of benzene rings is 1. The first kappa shape index (κ1) is 15.5. The molecule has 1 aromatic rings. The quantitative estimate of drug-likeness (QED) is 0.172. The van der Waals surface area contributed by atoms with E-state index in [1.165, 1.54) is 19.2 Å². The average molecular weight is 294 g/mol. The van der Waals surface area contributed by atoms with Crippen LogP contribution in [0.25, 0.3) is 0 Å². The summed E-state index contributed by atoms with van der Waals surface area (Å²) < 4.78 is 4.58. The van der Waals surface area contributed by atoms with E-state index in [9.17, 15) is 14.9 Å². The van der Waals surface area contributed by atoms with Crippen LogP contribution < -0.4 is 5.32 Å². The molecule has 0 atom stereocenters. The van der Waals surface area contributed by atoms with Gasteiger partial charge in [-0.2, -0.15) is 5.26 Å². The number of ether oxygens (including phenoxy) is 1. The second kappa shape index (κ2) is 7.10. The highest BCUT2D eigenvalue weighted by molar-refractivity contribution is 8.13. The zero-order valence-corrected chi connectivity index (χ0v) is 11.4. The maximum Gasteiger partial charge on any atom is 0.340 e. The van der Waals surface area contributed by atoms with Gasteiger partial charge in [0.25, 0.3) is 5.69 Å². The van der Waals surface area contributed by atoms with Crippen molar-refractivity contribution in [3.05, 3.63) is 33.9 Å². The zero-order chi connectivity index (χ0) is 15.1. The highest BCUT2D eigenvalue weighted by Crippen LogP contribution is 2.26. The number of methoxy groups -OCH3 is 1. The first-order valence-corrected chi connectivity index (χ1v) is 6.40. The van der Waals surface area contributed by atoms with Crippen LogP contribution >= 0.6 is 11.8 Å². The van der Waals surface area contributed by atoms with Crippen LogP contribution in [0, 0.1) is 21.6 Å². The van der Waals surface area contributed by atoms with Crippen LogP contribution in [-0.2, 0) is 4.74 Å². The third kappa shape index (κ3) is 3.69. The second-order valence-electron chi connectivity index (χ2n) is 3.31. The Labute approximate surface area is 118 Å². The van der Waals surface area contributed by atoms with Gasteiger partial charge in [-0.05, 0) is 12.3 Å². The van der Waals surface area contributed by atoms with Crippen molar-refractivity contribution in [1.29, 1.82) is 5.26 Å². The first-order chi connectivity index (χ1) is 9.53. The minimum atomic E-state index is -0.670. The third-order valence-electron chi connectivity index (χ3n) is 2.18. The summed E-state index contributed by atoms with van der Waals surface area (Å²) >= 11 is 1.13. The molecule has 104 valence electrons. The number of hydrogen-bond acceptors (Lipinski definition) is 7. The van der Waals surface area contributed by atoms with Gasteiger partial charge in [-0.15, -0.1) is 0 Å². The van der Waals surface area contributed by atoms with Crippen molar-refractivity contribution < 1.29 is 14.5 Å². The molecule has 0 aliphatic heterocycles. The van der Waals surface area contributed by atoms with E-state index >= 15 is 0 Å². The Kier molecular flexibility index (Phi) is 5.49. The number of nitrogens with one attached hydrogen (secondary N) is 1. The lowest BCUT2D eigenvalue weighted by molar-refractivity contribution is -0.384. The second-order valence-corrected chi connectivity index (χ2v) is 4.10. The van der Waals surface area contributed by atoms with Gasteiger partial charge in [-0.1, -0.05) is 11.8 Å². The Hall–Kier alpha value is -2.60. The molecule has 0 saturated heterocycles. The van der Waals surface area contributed by atoms with Crippen molar-refractivity contribution in [3.63, 3.8) is 0 Å². The summed E-state index contributed by atoms with van der Waals surface area (Å²) in [6.45, 7) is 0. The summed E-state index contributed by atoms with van der Waals surface area (Å²) in [5, 5.41) is 21.8. The van der Waals surface area contributed by atoms with Gasteiger partial charge in [0.05, 0.1) is 23.3 Å². The summed E-state index contributed by atoms with van der Waals surface area (Å²) in [7, 11) is 1.19. The highest BCUT2D eigenvalue weighted by atomic mass is 32.2. The van der Waals surface area contributed by atoms with E-state index < -0.39 is 10.9 Å². The predicted molar refractivity (Wildman–Crippen MR) is 73.8 cm³/mol. The van der Waals surface area contributed by atoms with Crippen LogP contribution in [0.4, 0.5) is 11.4 Å². The molecule has 0 aromatic heterocycles. The number of esters is 1. The molecular formula is C11H10N4O4S. The molecule has 1 aromatic carbocycles. The smallest absolute Gasteiger partial charge is 0.340 e. The van der Waals surface area contributed by atoms with Crippen LogP contribution in [0.1, 0.15) is 10.4 Å². The lowest BCUT2D eigenvalue weighted by Crippen LogP contribution is -2.13. The van der Waals surface area contributed by atoms with Crippen molar-refractivity contribution >= 4 is 34.3 Å². The third-order valence-corrected chi connectivity index (χ3v) is 2.76. The maximum absolute atomic E-state index is 11.6. The Morgan fingerprint density at radius 1 is 1.60 bits per heavy atom. The lowest BCUT2D eigenvalue weighted by Gasteiger charge is -2.05. The molecule has 0 aliphatic rings. The topological polar surface area (TPSA) is 118 Å². The Bertz CT molecular complexity index is 609. The molecule has 0 bridgehead atoms. The fourth-order valence-electron chi connectivity index (χ4n) is 1.29. The van der Waals surface area contributed by atoms with E-state index in [0.717, 1.165) is 17.8 Å². The van der Waals surface area contributed by atoms with Gasteiger partial charge in [0.1, 0.15) is 0 Å². The molecule has 0 saturated carbocycles. The van der Waals surface area contributed by atoms with Crippen molar-refractivity contribution in [2.24, 2.45) is 4.99 Å². The molecule has 1 rings (SSSR count). The molecule has 9 heteroatoms. The van der Waals surface area contributed by atoms with Crippen LogP contribution in [-0.4, -0.2) is 29.4 Å². The maximum atomic E-state index is 11.6. The number of rotatable bonds is 3. The number of carbonyl (C=O) groups is 1. The summed E-state index contributed by atoms with van der Waals surface area (Å²) in [4.78, 5) is 25.8. The SMILES string of the molecule is COC(=O)c1ccc([N+](=O)[O-])cc1N=C(NC#N)SC. The Morgan fingerprint density at radius 3 is 2.80 bits per heavy atom. The van der Waals surface area contributed by atoms with Crippen LogP contribution in [0.15, 0.2) is 23.2 Å². The largest absolute Gasteiger partial charge is 0.465 e. The monoisotopic (exact) mass is 294 g/mol. The van der Waals surface area contributed by atoms with Crippen molar-refractivity contribution in [1.82, 2.24) is 5.32 Å². The van der Waals surface area contributed by atoms with Crippen molar-refractivity contribution in [2.45, 2.75) is 0 Å². The number of nitro groups is 1. The number of nitriles is 1. The predicted octanol–water partition coefficient (Wildman–Crippen LogP) is 1.80. The van der Waals surface area contributed by atoms with E-state index in [2.05, 4.69) is 15.0 Å². The fraction of sp³-hybridized carbons (Fsp3) is 0.182. The highest BCUT2D eigenvalue weighted by Gasteiger charge is 2.16. The van der Waals surface area contributed by atoms with Crippen molar-refractivity contribution in [3.8, 4) is 6.19 Å². The van der Waals surface area contributed by atoms with Gasteiger partial charge in [0.2, 0.25) is 0 Å². The number of aliphatic imine (C=N–C) groups is 1. The summed E-state index contributed by atoms with van der Waals surface area (Å²) in [5.41, 5.74) is -0.0867. The summed E-state index contributed by atoms with van der Waals surface area (Å²) in [6, 6.07) is 3.58. The summed E-state index contributed by atoms with van der Waals surface area (Å²) in [6.07, 6.45) is 3.35. The molecule has 0 spiro atoms. The Morgan fingerprint density at radius 2 is 2.30 bits per heavy atom. The van der Waals surface area contributed by atoms with E-state index in [4.69, 9.17) is 5.26 Å². The number of carbonyl (C=O) groups excluding carboxylic acids is 1. The number of amidine groups is 1. The molecule has 8 nitrogen and oxygen atoms in total. The van der Waals surface area contributed by atoms with Gasteiger partial charge >= 0.3 is 5.97 Å². The number of hydrogen-bond donors (Lipinski definition) is 1. The van der Waals surface area contributed by atoms with Gasteiger partial charge in [0, 0.05) is 12.1 Å². The lowest BCUT2D eigenvalue weighted by atomic mass is 10.1. The van der Waals surface area contributed by atoms with Gasteiger partial charge in [0.15, 0.2) is 11.4 Å². The van der Waals surface area contributed by atoms with Crippen LogP contribution in [0.3, 0.4) is 0 Å². The molecule has 0 unspecified atom stereocenters. The molecule has 1 N–H and O–H groups in total. The number of non-ortho nitro benzene ring substituents is 1. The van der Waals surface area contributed by atoms with E-state index in [-0.39, 0.29) is 22.1 Å². The standard InChI is InChI=1S/C11H10N4O4S/c1-19-10(16)8-4-3-7(15(17)18)5-9(8)14-11(20-2)13-6-12/h3-5H,1-2H3,(H,13,14). The van der Waals surface area contributed by atoms with E-state index in [1.54, 1.807) is 12.4 Å². The fourth-order valence-corrected chi connectivity index (χ4v) is 1.63. The Balaban J connectivity index is 3.38. The molecule has 0 amide bonds. The molecular weight excluding hydrogens is 284 g/mol. The van der Waals surface area contributed by atoms with Crippen LogP contribution in [0.2, 0.25) is 0 Å². The normalized spacial score (nSPS) is 10.6. The van der Waals surface area contributed by atoms with Gasteiger partial charge < -0.3 is 4.74 Å². The minimum absolute atomic E-state index is 0.0538. The van der Waals surface area contributed by atoms with E-state index in [1.807, 2.05) is 0 Å². The van der Waals surface area contributed by atoms with Gasteiger partial charge in [-0.25, -0.2) is 9.79 Å². The molecule has 0 fully saturated rings. The zero-order valence-electron chi connectivity index (χ0n) is 10.6. The van der Waals surface area contributed by atoms with E-state index in [0.29, 0.717) is 0 Å². The van der Waals surface area contributed by atoms with Gasteiger partial charge in [-0.3, -0.25) is 15.4 Å². The molecule has 0 radical (unpaired) electrons. The number of nitro benzene ring substituents is 1. The average Bonchev–Trinajstić information content (AvgIpc) is 2.45. The molecule has 0 heterocycles. The molecule has 0 aliphatic carbocycles. The van der Waals surface area contributed by atoms with Crippen molar-refractivity contribution in [2.75, 3.05) is 13.4 Å². The minimum Gasteiger partial charge on any atom is -0.465 e.